The van der Waals surface area contributed by atoms with Crippen LogP contribution in [-0.4, -0.2) is 61.8 Å². The van der Waals surface area contributed by atoms with E-state index in [4.69, 9.17) is 0 Å². The Balaban J connectivity index is 1.65. The van der Waals surface area contributed by atoms with Crippen molar-refractivity contribution >= 4 is 27.6 Å². The summed E-state index contributed by atoms with van der Waals surface area (Å²) in [5.74, 6) is -0.0205. The summed E-state index contributed by atoms with van der Waals surface area (Å²) in [6, 6.07) is 6.08. The van der Waals surface area contributed by atoms with E-state index >= 15 is 0 Å². The zero-order valence-electron chi connectivity index (χ0n) is 16.9. The molecular formula is C20H30N4O4S. The van der Waals surface area contributed by atoms with E-state index in [9.17, 15) is 18.0 Å². The molecule has 1 unspecified atom stereocenters. The molecule has 9 heteroatoms. The van der Waals surface area contributed by atoms with Crippen LogP contribution in [-0.2, 0) is 14.8 Å². The highest BCUT2D eigenvalue weighted by atomic mass is 32.2. The van der Waals surface area contributed by atoms with Gasteiger partial charge in [-0.1, -0.05) is 19.4 Å². The number of hydrogen-bond donors (Lipinski definition) is 2. The summed E-state index contributed by atoms with van der Waals surface area (Å²) >= 11 is 0. The normalized spacial score (nSPS) is 20.9. The van der Waals surface area contributed by atoms with E-state index in [1.165, 1.54) is 10.4 Å². The third kappa shape index (κ3) is 5.48. The Bertz CT molecular complexity index is 837. The van der Waals surface area contributed by atoms with Crippen molar-refractivity contribution in [2.75, 3.05) is 31.5 Å². The number of piperidine rings is 2. The van der Waals surface area contributed by atoms with Gasteiger partial charge < -0.3 is 15.5 Å². The highest BCUT2D eigenvalue weighted by molar-refractivity contribution is 7.89. The first-order valence-electron chi connectivity index (χ1n) is 10.4. The lowest BCUT2D eigenvalue weighted by molar-refractivity contribution is -0.121. The minimum absolute atomic E-state index is 0.0205. The van der Waals surface area contributed by atoms with Gasteiger partial charge in [0.2, 0.25) is 15.9 Å². The van der Waals surface area contributed by atoms with Crippen molar-refractivity contribution in [2.24, 2.45) is 0 Å². The molecule has 2 N–H and O–H groups in total. The van der Waals surface area contributed by atoms with Gasteiger partial charge in [-0.05, 0) is 43.9 Å². The number of carbonyl (C=O) groups is 2. The van der Waals surface area contributed by atoms with Gasteiger partial charge in [0.1, 0.15) is 0 Å². The first-order valence-corrected chi connectivity index (χ1v) is 11.8. The van der Waals surface area contributed by atoms with Crippen LogP contribution in [0.2, 0.25) is 0 Å². The molecule has 0 radical (unpaired) electrons. The molecule has 8 nitrogen and oxygen atoms in total. The standard InChI is InChI=1S/C20H30N4O4S/c1-2-19(25)21-17-9-7-11-23(15-17)20(26)22-16-8-6-10-18(14-16)29(27,28)24-12-4-3-5-13-24/h6,8,10,14,17H,2-5,7,9,11-13,15H2,1H3,(H,21,25)(H,22,26). The molecule has 1 atom stereocenters. The summed E-state index contributed by atoms with van der Waals surface area (Å²) in [5.41, 5.74) is 0.452. The molecule has 2 aliphatic heterocycles. The van der Waals surface area contributed by atoms with E-state index in [1.807, 2.05) is 0 Å². The van der Waals surface area contributed by atoms with Crippen molar-refractivity contribution < 1.29 is 18.0 Å². The molecule has 2 fully saturated rings. The van der Waals surface area contributed by atoms with Gasteiger partial charge in [-0.3, -0.25) is 4.79 Å². The maximum absolute atomic E-state index is 12.9. The molecule has 1 aromatic carbocycles. The van der Waals surface area contributed by atoms with Crippen LogP contribution >= 0.6 is 0 Å². The lowest BCUT2D eigenvalue weighted by Crippen LogP contribution is -2.50. The number of anilines is 1. The van der Waals surface area contributed by atoms with Crippen molar-refractivity contribution in [3.8, 4) is 0 Å². The summed E-state index contributed by atoms with van der Waals surface area (Å²) in [4.78, 5) is 26.2. The predicted octanol–water partition coefficient (Wildman–Crippen LogP) is 2.38. The summed E-state index contributed by atoms with van der Waals surface area (Å²) < 4.78 is 27.2. The Morgan fingerprint density at radius 3 is 2.59 bits per heavy atom. The number of sulfonamides is 1. The van der Waals surface area contributed by atoms with Crippen molar-refractivity contribution in [1.82, 2.24) is 14.5 Å². The van der Waals surface area contributed by atoms with Crippen molar-refractivity contribution in [1.29, 1.82) is 0 Å². The van der Waals surface area contributed by atoms with Gasteiger partial charge in [0, 0.05) is 44.3 Å². The number of urea groups is 1. The molecular weight excluding hydrogens is 392 g/mol. The van der Waals surface area contributed by atoms with Crippen molar-refractivity contribution in [2.45, 2.75) is 56.4 Å². The van der Waals surface area contributed by atoms with E-state index < -0.39 is 10.0 Å². The zero-order valence-corrected chi connectivity index (χ0v) is 17.7. The number of carbonyl (C=O) groups excluding carboxylic acids is 2. The number of likely N-dealkylation sites (tertiary alicyclic amines) is 1. The lowest BCUT2D eigenvalue weighted by atomic mass is 10.1. The average Bonchev–Trinajstić information content (AvgIpc) is 2.74. The van der Waals surface area contributed by atoms with Crippen LogP contribution in [0.5, 0.6) is 0 Å². The first-order chi connectivity index (χ1) is 13.9. The van der Waals surface area contributed by atoms with E-state index in [-0.39, 0.29) is 22.9 Å². The topological polar surface area (TPSA) is 98.8 Å². The van der Waals surface area contributed by atoms with Crippen LogP contribution in [0.1, 0.15) is 45.4 Å². The quantitative estimate of drug-likeness (QED) is 0.761. The first kappa shape index (κ1) is 21.6. The zero-order chi connectivity index (χ0) is 20.9. The maximum atomic E-state index is 12.9. The van der Waals surface area contributed by atoms with Crippen LogP contribution in [0.15, 0.2) is 29.2 Å². The smallest absolute Gasteiger partial charge is 0.321 e. The van der Waals surface area contributed by atoms with Gasteiger partial charge in [0.25, 0.3) is 0 Å². The van der Waals surface area contributed by atoms with Crippen LogP contribution < -0.4 is 10.6 Å². The average molecular weight is 423 g/mol. The molecule has 3 rings (SSSR count). The molecule has 1 aromatic rings. The van der Waals surface area contributed by atoms with E-state index in [2.05, 4.69) is 10.6 Å². The molecule has 2 heterocycles. The third-order valence-electron chi connectivity index (χ3n) is 5.43. The van der Waals surface area contributed by atoms with Gasteiger partial charge in [0.15, 0.2) is 0 Å². The van der Waals surface area contributed by atoms with Gasteiger partial charge in [-0.15, -0.1) is 0 Å². The number of rotatable bonds is 5. The second-order valence-corrected chi connectivity index (χ2v) is 9.57. The van der Waals surface area contributed by atoms with Gasteiger partial charge in [-0.2, -0.15) is 4.31 Å². The molecule has 0 bridgehead atoms. The van der Waals surface area contributed by atoms with Crippen LogP contribution in [0, 0.1) is 0 Å². The number of amides is 3. The highest BCUT2D eigenvalue weighted by Crippen LogP contribution is 2.23. The Hall–Kier alpha value is -2.13. The molecule has 0 spiro atoms. The lowest BCUT2D eigenvalue weighted by Gasteiger charge is -2.33. The minimum Gasteiger partial charge on any atom is -0.352 e. The van der Waals surface area contributed by atoms with E-state index in [1.54, 1.807) is 30.0 Å². The Morgan fingerprint density at radius 1 is 1.10 bits per heavy atom. The Morgan fingerprint density at radius 2 is 1.86 bits per heavy atom. The van der Waals surface area contributed by atoms with Crippen LogP contribution in [0.3, 0.4) is 0 Å². The van der Waals surface area contributed by atoms with E-state index in [0.717, 1.165) is 32.1 Å². The highest BCUT2D eigenvalue weighted by Gasteiger charge is 2.27. The summed E-state index contributed by atoms with van der Waals surface area (Å²) in [5, 5.41) is 5.74. The number of hydrogen-bond acceptors (Lipinski definition) is 4. The molecule has 0 saturated carbocycles. The second-order valence-electron chi connectivity index (χ2n) is 7.63. The fourth-order valence-electron chi connectivity index (χ4n) is 3.80. The molecule has 2 saturated heterocycles. The van der Waals surface area contributed by atoms with Gasteiger partial charge >= 0.3 is 6.03 Å². The minimum atomic E-state index is -3.55. The van der Waals surface area contributed by atoms with Gasteiger partial charge in [-0.25, -0.2) is 13.2 Å². The number of benzene rings is 1. The second kappa shape index (κ2) is 9.58. The van der Waals surface area contributed by atoms with Crippen LogP contribution in [0.4, 0.5) is 10.5 Å². The molecule has 3 amide bonds. The molecule has 160 valence electrons. The van der Waals surface area contributed by atoms with Crippen molar-refractivity contribution in [3.63, 3.8) is 0 Å². The SMILES string of the molecule is CCC(=O)NC1CCCN(C(=O)Nc2cccc(S(=O)(=O)N3CCCCC3)c2)C1. The molecule has 2 aliphatic rings. The number of nitrogens with one attached hydrogen (secondary N) is 2. The maximum Gasteiger partial charge on any atom is 0.321 e. The summed E-state index contributed by atoms with van der Waals surface area (Å²) in [7, 11) is -3.55. The monoisotopic (exact) mass is 422 g/mol. The number of nitrogens with zero attached hydrogens (tertiary/aromatic N) is 2. The summed E-state index contributed by atoms with van der Waals surface area (Å²) in [6.07, 6.45) is 4.88. The third-order valence-corrected chi connectivity index (χ3v) is 7.33. The molecule has 29 heavy (non-hydrogen) atoms. The predicted molar refractivity (Wildman–Crippen MR) is 111 cm³/mol. The fourth-order valence-corrected chi connectivity index (χ4v) is 5.36. The van der Waals surface area contributed by atoms with Crippen molar-refractivity contribution in [3.05, 3.63) is 24.3 Å². The Labute approximate surface area is 172 Å². The summed E-state index contributed by atoms with van der Waals surface area (Å²) in [6.45, 7) is 3.93. The fraction of sp³-hybridized carbons (Fsp3) is 0.600. The Kier molecular flexibility index (Phi) is 7.13. The van der Waals surface area contributed by atoms with Crippen LogP contribution in [0.25, 0.3) is 0 Å². The molecule has 0 aliphatic carbocycles. The van der Waals surface area contributed by atoms with E-state index in [0.29, 0.717) is 38.3 Å². The molecule has 0 aromatic heterocycles. The largest absolute Gasteiger partial charge is 0.352 e. The van der Waals surface area contributed by atoms with Gasteiger partial charge in [0.05, 0.1) is 4.90 Å².